The lowest BCUT2D eigenvalue weighted by Gasteiger charge is -2.27. The number of nitrogens with two attached hydrogens (primary N) is 1. The Morgan fingerprint density at radius 1 is 1.38 bits per heavy atom. The van der Waals surface area contributed by atoms with Gasteiger partial charge in [0.15, 0.2) is 0 Å². The molecule has 1 fully saturated rings. The molecule has 1 aliphatic heterocycles. The average molecular weight is 298 g/mol. The second-order valence-electron chi connectivity index (χ2n) is 6.37. The van der Waals surface area contributed by atoms with Crippen LogP contribution in [0, 0.1) is 0 Å². The summed E-state index contributed by atoms with van der Waals surface area (Å²) in [5.41, 5.74) is 4.89. The SMILES string of the molecule is CCN(CC)C1CCN(CCCCC(C)(NC)C(N)=O)C1. The number of carbonyl (C=O) groups excluding carboxylic acids is 1. The number of likely N-dealkylation sites (N-methyl/N-ethyl adjacent to an activating group) is 2. The van der Waals surface area contributed by atoms with Crippen molar-refractivity contribution in [2.45, 2.75) is 58.0 Å². The predicted octanol–water partition coefficient (Wildman–Crippen LogP) is 1.04. The van der Waals surface area contributed by atoms with E-state index in [0.717, 1.165) is 44.9 Å². The van der Waals surface area contributed by atoms with Gasteiger partial charge in [0.25, 0.3) is 0 Å². The molecule has 5 heteroatoms. The van der Waals surface area contributed by atoms with E-state index in [1.807, 2.05) is 6.92 Å². The summed E-state index contributed by atoms with van der Waals surface area (Å²) in [4.78, 5) is 16.6. The molecular formula is C16H34N4O. The molecule has 0 aromatic rings. The monoisotopic (exact) mass is 298 g/mol. The number of hydrogen-bond acceptors (Lipinski definition) is 4. The van der Waals surface area contributed by atoms with E-state index >= 15 is 0 Å². The van der Waals surface area contributed by atoms with E-state index < -0.39 is 5.54 Å². The smallest absolute Gasteiger partial charge is 0.237 e. The first-order chi connectivity index (χ1) is 9.96. The van der Waals surface area contributed by atoms with Crippen molar-refractivity contribution in [3.8, 4) is 0 Å². The molecule has 2 atom stereocenters. The van der Waals surface area contributed by atoms with Crippen molar-refractivity contribution in [1.29, 1.82) is 0 Å². The molecule has 21 heavy (non-hydrogen) atoms. The van der Waals surface area contributed by atoms with Crippen LogP contribution < -0.4 is 11.1 Å². The largest absolute Gasteiger partial charge is 0.368 e. The normalized spacial score (nSPS) is 22.6. The van der Waals surface area contributed by atoms with Gasteiger partial charge in [-0.1, -0.05) is 13.8 Å². The van der Waals surface area contributed by atoms with E-state index in [1.54, 1.807) is 7.05 Å². The van der Waals surface area contributed by atoms with E-state index in [4.69, 9.17) is 5.73 Å². The minimum Gasteiger partial charge on any atom is -0.368 e. The lowest BCUT2D eigenvalue weighted by molar-refractivity contribution is -0.123. The van der Waals surface area contributed by atoms with Gasteiger partial charge >= 0.3 is 0 Å². The number of nitrogens with one attached hydrogen (secondary N) is 1. The van der Waals surface area contributed by atoms with Gasteiger partial charge in [0.05, 0.1) is 5.54 Å². The highest BCUT2D eigenvalue weighted by Crippen LogP contribution is 2.17. The Labute approximate surface area is 130 Å². The average Bonchev–Trinajstić information content (AvgIpc) is 2.93. The first kappa shape index (κ1) is 18.4. The van der Waals surface area contributed by atoms with Crippen molar-refractivity contribution in [1.82, 2.24) is 15.1 Å². The summed E-state index contributed by atoms with van der Waals surface area (Å²) >= 11 is 0. The van der Waals surface area contributed by atoms with Crippen molar-refractivity contribution >= 4 is 5.91 Å². The Morgan fingerprint density at radius 3 is 2.57 bits per heavy atom. The Bertz CT molecular complexity index is 319. The lowest BCUT2D eigenvalue weighted by atomic mass is 9.94. The van der Waals surface area contributed by atoms with Gasteiger partial charge in [-0.2, -0.15) is 0 Å². The molecule has 1 amide bonds. The number of unbranched alkanes of at least 4 members (excludes halogenated alkanes) is 1. The van der Waals surface area contributed by atoms with E-state index in [1.165, 1.54) is 19.5 Å². The van der Waals surface area contributed by atoms with Crippen LogP contribution in [0.1, 0.15) is 46.5 Å². The molecule has 0 aromatic carbocycles. The summed E-state index contributed by atoms with van der Waals surface area (Å²) < 4.78 is 0. The first-order valence-electron chi connectivity index (χ1n) is 8.42. The maximum Gasteiger partial charge on any atom is 0.237 e. The highest BCUT2D eigenvalue weighted by molar-refractivity contribution is 5.84. The zero-order valence-electron chi connectivity index (χ0n) is 14.3. The summed E-state index contributed by atoms with van der Waals surface area (Å²) in [6.45, 7) is 12.2. The Kier molecular flexibility index (Phi) is 7.63. The third kappa shape index (κ3) is 5.24. The molecular weight excluding hydrogens is 264 g/mol. The number of likely N-dealkylation sites (tertiary alicyclic amines) is 1. The molecule has 0 aromatic heterocycles. The van der Waals surface area contributed by atoms with Gasteiger partial charge < -0.3 is 16.0 Å². The standard InChI is InChI=1S/C16H34N4O/c1-5-20(6-2)14-9-12-19(13-14)11-8-7-10-16(3,18-4)15(17)21/h14,18H,5-13H2,1-4H3,(H2,17,21). The third-order valence-corrected chi connectivity index (χ3v) is 5.07. The molecule has 0 aliphatic carbocycles. The highest BCUT2D eigenvalue weighted by Gasteiger charge is 2.29. The molecule has 5 nitrogen and oxygen atoms in total. The van der Waals surface area contributed by atoms with E-state index in [9.17, 15) is 4.79 Å². The van der Waals surface area contributed by atoms with Crippen LogP contribution in [0.15, 0.2) is 0 Å². The van der Waals surface area contributed by atoms with Crippen molar-refractivity contribution in [2.24, 2.45) is 5.73 Å². The van der Waals surface area contributed by atoms with Crippen LogP contribution >= 0.6 is 0 Å². The lowest BCUT2D eigenvalue weighted by Crippen LogP contribution is -2.51. The molecule has 0 bridgehead atoms. The molecule has 0 spiro atoms. The van der Waals surface area contributed by atoms with Crippen molar-refractivity contribution in [3.05, 3.63) is 0 Å². The zero-order valence-corrected chi connectivity index (χ0v) is 14.3. The van der Waals surface area contributed by atoms with Gasteiger partial charge in [-0.15, -0.1) is 0 Å². The van der Waals surface area contributed by atoms with Gasteiger partial charge in [0, 0.05) is 12.6 Å². The quantitative estimate of drug-likeness (QED) is 0.592. The van der Waals surface area contributed by atoms with E-state index in [0.29, 0.717) is 0 Å². The molecule has 124 valence electrons. The molecule has 0 radical (unpaired) electrons. The van der Waals surface area contributed by atoms with Gasteiger partial charge in [0.1, 0.15) is 0 Å². The second kappa shape index (κ2) is 8.71. The Hall–Kier alpha value is -0.650. The summed E-state index contributed by atoms with van der Waals surface area (Å²) in [7, 11) is 1.81. The third-order valence-electron chi connectivity index (χ3n) is 5.07. The van der Waals surface area contributed by atoms with Crippen molar-refractivity contribution < 1.29 is 4.79 Å². The van der Waals surface area contributed by atoms with Crippen LogP contribution in [-0.2, 0) is 4.79 Å². The number of carbonyl (C=O) groups is 1. The Morgan fingerprint density at radius 2 is 2.05 bits per heavy atom. The van der Waals surface area contributed by atoms with Gasteiger partial charge in [-0.25, -0.2) is 0 Å². The molecule has 1 saturated heterocycles. The molecule has 1 aliphatic rings. The van der Waals surface area contributed by atoms with Crippen LogP contribution in [-0.4, -0.2) is 67.1 Å². The van der Waals surface area contributed by atoms with Crippen LogP contribution in [0.2, 0.25) is 0 Å². The zero-order chi connectivity index (χ0) is 15.9. The number of amides is 1. The van der Waals surface area contributed by atoms with E-state index in [-0.39, 0.29) is 5.91 Å². The number of nitrogens with zero attached hydrogens (tertiary/aromatic N) is 2. The van der Waals surface area contributed by atoms with Gasteiger partial charge in [-0.3, -0.25) is 9.69 Å². The highest BCUT2D eigenvalue weighted by atomic mass is 16.1. The van der Waals surface area contributed by atoms with Crippen LogP contribution in [0.5, 0.6) is 0 Å². The van der Waals surface area contributed by atoms with Crippen molar-refractivity contribution in [2.75, 3.05) is 39.8 Å². The maximum atomic E-state index is 11.4. The molecule has 3 N–H and O–H groups in total. The maximum absolute atomic E-state index is 11.4. The molecule has 2 unspecified atom stereocenters. The fourth-order valence-electron chi connectivity index (χ4n) is 3.24. The molecule has 1 heterocycles. The fraction of sp³-hybridized carbons (Fsp3) is 0.938. The summed E-state index contributed by atoms with van der Waals surface area (Å²) in [5.74, 6) is -0.257. The topological polar surface area (TPSA) is 61.6 Å². The summed E-state index contributed by atoms with van der Waals surface area (Å²) in [5, 5.41) is 3.05. The minimum atomic E-state index is -0.561. The number of rotatable bonds is 10. The predicted molar refractivity (Wildman–Crippen MR) is 88.3 cm³/mol. The summed E-state index contributed by atoms with van der Waals surface area (Å²) in [6.07, 6.45) is 4.27. The second-order valence-corrected chi connectivity index (χ2v) is 6.37. The van der Waals surface area contributed by atoms with Crippen LogP contribution in [0.4, 0.5) is 0 Å². The van der Waals surface area contributed by atoms with Gasteiger partial charge in [-0.05, 0) is 65.8 Å². The van der Waals surface area contributed by atoms with E-state index in [2.05, 4.69) is 29.0 Å². The fourth-order valence-corrected chi connectivity index (χ4v) is 3.24. The van der Waals surface area contributed by atoms with Crippen molar-refractivity contribution in [3.63, 3.8) is 0 Å². The first-order valence-corrected chi connectivity index (χ1v) is 8.42. The molecule has 0 saturated carbocycles. The number of hydrogen-bond donors (Lipinski definition) is 2. The molecule has 1 rings (SSSR count). The minimum absolute atomic E-state index is 0.257. The Balaban J connectivity index is 2.24. The number of primary amides is 1. The summed E-state index contributed by atoms with van der Waals surface area (Å²) in [6, 6.07) is 0.730. The van der Waals surface area contributed by atoms with Crippen LogP contribution in [0.3, 0.4) is 0 Å². The van der Waals surface area contributed by atoms with Crippen LogP contribution in [0.25, 0.3) is 0 Å². The van der Waals surface area contributed by atoms with Gasteiger partial charge in [0.2, 0.25) is 5.91 Å².